The second kappa shape index (κ2) is 7.00. The number of nitrogens with zero attached hydrogens (tertiary/aromatic N) is 1. The summed E-state index contributed by atoms with van der Waals surface area (Å²) >= 11 is 0. The van der Waals surface area contributed by atoms with E-state index in [2.05, 4.69) is 18.6 Å². The maximum absolute atomic E-state index is 12.5. The molecule has 0 aliphatic rings. The van der Waals surface area contributed by atoms with E-state index < -0.39 is 14.9 Å². The third-order valence-corrected chi connectivity index (χ3v) is 5.43. The Bertz CT molecular complexity index is 845. The van der Waals surface area contributed by atoms with Crippen LogP contribution in [0.2, 0.25) is 0 Å². The van der Waals surface area contributed by atoms with Crippen molar-refractivity contribution in [2.24, 2.45) is 0 Å². The summed E-state index contributed by atoms with van der Waals surface area (Å²) < 4.78 is 27.4. The van der Waals surface area contributed by atoms with E-state index in [0.717, 1.165) is 12.0 Å². The predicted molar refractivity (Wildman–Crippen MR) is 93.8 cm³/mol. The van der Waals surface area contributed by atoms with Crippen molar-refractivity contribution in [3.05, 3.63) is 63.7 Å². The van der Waals surface area contributed by atoms with E-state index in [1.165, 1.54) is 18.2 Å². The van der Waals surface area contributed by atoms with Crippen LogP contribution < -0.4 is 4.72 Å². The minimum atomic E-state index is -3.80. The molecule has 24 heavy (non-hydrogen) atoms. The van der Waals surface area contributed by atoms with E-state index in [4.69, 9.17) is 0 Å². The summed E-state index contributed by atoms with van der Waals surface area (Å²) in [7, 11) is -3.80. The number of hydrogen-bond acceptors (Lipinski definition) is 4. The zero-order valence-electron chi connectivity index (χ0n) is 13.8. The zero-order valence-corrected chi connectivity index (χ0v) is 14.6. The summed E-state index contributed by atoms with van der Waals surface area (Å²) in [5.41, 5.74) is 1.73. The topological polar surface area (TPSA) is 89.3 Å². The Morgan fingerprint density at radius 2 is 1.79 bits per heavy atom. The lowest BCUT2D eigenvalue weighted by Gasteiger charge is -2.12. The number of non-ortho nitro benzene ring substituents is 1. The molecule has 0 aliphatic carbocycles. The highest BCUT2D eigenvalue weighted by Crippen LogP contribution is 2.26. The van der Waals surface area contributed by atoms with Gasteiger partial charge in [0.2, 0.25) is 0 Å². The molecular weight excluding hydrogens is 328 g/mol. The fraction of sp³-hybridized carbons (Fsp3) is 0.294. The molecule has 0 fully saturated rings. The summed E-state index contributed by atoms with van der Waals surface area (Å²) in [6.07, 6.45) is 0.969. The number of nitro benzene ring substituents is 1. The average Bonchev–Trinajstić information content (AvgIpc) is 2.55. The maximum atomic E-state index is 12.5. The van der Waals surface area contributed by atoms with Crippen molar-refractivity contribution in [1.29, 1.82) is 0 Å². The Labute approximate surface area is 141 Å². The van der Waals surface area contributed by atoms with Gasteiger partial charge in [-0.3, -0.25) is 14.8 Å². The molecule has 6 nitrogen and oxygen atoms in total. The van der Waals surface area contributed by atoms with E-state index >= 15 is 0 Å². The normalized spacial score (nSPS) is 12.6. The van der Waals surface area contributed by atoms with Crippen molar-refractivity contribution in [3.63, 3.8) is 0 Å². The largest absolute Gasteiger partial charge is 0.279 e. The SMILES string of the molecule is CCC(C)c1ccc(S(=O)(=O)Nc2cc([N+](=O)[O-])ccc2C)cc1. The van der Waals surface area contributed by atoms with Crippen LogP contribution in [0, 0.1) is 17.0 Å². The fourth-order valence-corrected chi connectivity index (χ4v) is 3.37. The summed E-state index contributed by atoms with van der Waals surface area (Å²) in [5.74, 6) is 0.355. The molecule has 7 heteroatoms. The van der Waals surface area contributed by atoms with Gasteiger partial charge in [0.05, 0.1) is 15.5 Å². The molecule has 0 heterocycles. The molecule has 0 radical (unpaired) electrons. The van der Waals surface area contributed by atoms with Gasteiger partial charge in [-0.05, 0) is 42.5 Å². The van der Waals surface area contributed by atoms with Crippen LogP contribution in [0.5, 0.6) is 0 Å². The fourth-order valence-electron chi connectivity index (χ4n) is 2.25. The molecule has 0 amide bonds. The quantitative estimate of drug-likeness (QED) is 0.625. The third kappa shape index (κ3) is 3.91. The van der Waals surface area contributed by atoms with Gasteiger partial charge < -0.3 is 0 Å². The van der Waals surface area contributed by atoms with Gasteiger partial charge in [0.1, 0.15) is 0 Å². The molecule has 2 aromatic carbocycles. The zero-order chi connectivity index (χ0) is 17.9. The smallest absolute Gasteiger partial charge is 0.271 e. The Hall–Kier alpha value is -2.41. The first-order chi connectivity index (χ1) is 11.2. The van der Waals surface area contributed by atoms with Crippen LogP contribution in [-0.2, 0) is 10.0 Å². The number of hydrogen-bond donors (Lipinski definition) is 1. The van der Waals surface area contributed by atoms with Crippen molar-refractivity contribution in [2.45, 2.75) is 38.0 Å². The molecule has 1 unspecified atom stereocenters. The van der Waals surface area contributed by atoms with Gasteiger partial charge in [0, 0.05) is 12.1 Å². The molecule has 0 bridgehead atoms. The second-order valence-electron chi connectivity index (χ2n) is 5.74. The number of nitro groups is 1. The number of benzene rings is 2. The minimum Gasteiger partial charge on any atom is -0.279 e. The van der Waals surface area contributed by atoms with Crippen molar-refractivity contribution in [1.82, 2.24) is 0 Å². The molecule has 0 spiro atoms. The summed E-state index contributed by atoms with van der Waals surface area (Å²) in [5, 5.41) is 10.9. The first-order valence-electron chi connectivity index (χ1n) is 7.62. The lowest BCUT2D eigenvalue weighted by atomic mass is 9.99. The highest BCUT2D eigenvalue weighted by atomic mass is 32.2. The predicted octanol–water partition coefficient (Wildman–Crippen LogP) is 4.22. The molecule has 2 rings (SSSR count). The van der Waals surface area contributed by atoms with Gasteiger partial charge in [0.15, 0.2) is 0 Å². The van der Waals surface area contributed by atoms with Crippen LogP contribution in [0.1, 0.15) is 37.3 Å². The van der Waals surface area contributed by atoms with Crippen LogP contribution in [0.15, 0.2) is 47.4 Å². The van der Waals surface area contributed by atoms with E-state index in [0.29, 0.717) is 11.5 Å². The maximum Gasteiger partial charge on any atom is 0.271 e. The Morgan fingerprint density at radius 1 is 1.17 bits per heavy atom. The van der Waals surface area contributed by atoms with Crippen LogP contribution >= 0.6 is 0 Å². The number of anilines is 1. The monoisotopic (exact) mass is 348 g/mol. The first-order valence-corrected chi connectivity index (χ1v) is 9.10. The molecular formula is C17H20N2O4S. The van der Waals surface area contributed by atoms with Crippen LogP contribution in [-0.4, -0.2) is 13.3 Å². The molecule has 0 aromatic heterocycles. The van der Waals surface area contributed by atoms with Gasteiger partial charge in [-0.2, -0.15) is 0 Å². The molecule has 1 N–H and O–H groups in total. The number of nitrogens with one attached hydrogen (secondary N) is 1. The van der Waals surface area contributed by atoms with Crippen molar-refractivity contribution in [3.8, 4) is 0 Å². The van der Waals surface area contributed by atoms with Crippen LogP contribution in [0.25, 0.3) is 0 Å². The summed E-state index contributed by atoms with van der Waals surface area (Å²) in [6.45, 7) is 5.84. The summed E-state index contributed by atoms with van der Waals surface area (Å²) in [4.78, 5) is 10.4. The number of aryl methyl sites for hydroxylation is 1. The van der Waals surface area contributed by atoms with E-state index in [1.807, 2.05) is 0 Å². The standard InChI is InChI=1S/C17H20N2O4S/c1-4-12(2)14-6-9-16(10-7-14)24(22,23)18-17-11-15(19(20)21)8-5-13(17)3/h5-12,18H,4H2,1-3H3. The minimum absolute atomic E-state index is 0.125. The highest BCUT2D eigenvalue weighted by molar-refractivity contribution is 7.92. The molecule has 2 aromatic rings. The van der Waals surface area contributed by atoms with Gasteiger partial charge >= 0.3 is 0 Å². The van der Waals surface area contributed by atoms with Crippen molar-refractivity contribution >= 4 is 21.4 Å². The van der Waals surface area contributed by atoms with Crippen LogP contribution in [0.4, 0.5) is 11.4 Å². The molecule has 0 aliphatic heterocycles. The van der Waals surface area contributed by atoms with Gasteiger partial charge in [-0.25, -0.2) is 8.42 Å². The molecule has 0 saturated carbocycles. The number of rotatable bonds is 6. The second-order valence-corrected chi connectivity index (χ2v) is 7.42. The molecule has 1 atom stereocenters. The lowest BCUT2D eigenvalue weighted by Crippen LogP contribution is -2.14. The van der Waals surface area contributed by atoms with E-state index in [-0.39, 0.29) is 16.3 Å². The summed E-state index contributed by atoms with van der Waals surface area (Å²) in [6, 6.07) is 10.8. The highest BCUT2D eigenvalue weighted by Gasteiger charge is 2.18. The van der Waals surface area contributed by atoms with Crippen molar-refractivity contribution in [2.75, 3.05) is 4.72 Å². The van der Waals surface area contributed by atoms with Gasteiger partial charge in [-0.1, -0.05) is 32.0 Å². The third-order valence-electron chi connectivity index (χ3n) is 4.05. The van der Waals surface area contributed by atoms with Crippen molar-refractivity contribution < 1.29 is 13.3 Å². The lowest BCUT2D eigenvalue weighted by molar-refractivity contribution is -0.384. The van der Waals surface area contributed by atoms with E-state index in [1.54, 1.807) is 31.2 Å². The van der Waals surface area contributed by atoms with Gasteiger partial charge in [0.25, 0.3) is 15.7 Å². The van der Waals surface area contributed by atoms with Gasteiger partial charge in [-0.15, -0.1) is 0 Å². The Kier molecular flexibility index (Phi) is 5.23. The Balaban J connectivity index is 2.32. The average molecular weight is 348 g/mol. The van der Waals surface area contributed by atoms with E-state index in [9.17, 15) is 18.5 Å². The first kappa shape index (κ1) is 17.9. The number of sulfonamides is 1. The van der Waals surface area contributed by atoms with Crippen LogP contribution in [0.3, 0.4) is 0 Å². The molecule has 128 valence electrons. The molecule has 0 saturated heterocycles. The Morgan fingerprint density at radius 3 is 2.33 bits per heavy atom.